The number of anilines is 2. The number of para-hydroxylation sites is 1. The van der Waals surface area contributed by atoms with Gasteiger partial charge in [-0.15, -0.1) is 0 Å². The van der Waals surface area contributed by atoms with E-state index in [-0.39, 0.29) is 11.4 Å². The number of nitrogens with one attached hydrogen (secondary N) is 2. The van der Waals surface area contributed by atoms with Crippen molar-refractivity contribution in [2.24, 2.45) is 0 Å². The maximum absolute atomic E-state index is 13.7. The Balaban J connectivity index is 1.66. The van der Waals surface area contributed by atoms with Crippen LogP contribution in [0.15, 0.2) is 54.6 Å². The lowest BCUT2D eigenvalue weighted by molar-refractivity contribution is 0.102. The van der Waals surface area contributed by atoms with E-state index >= 15 is 0 Å². The Hall–Kier alpha value is -2.99. The van der Waals surface area contributed by atoms with E-state index in [9.17, 15) is 9.18 Å². The molecule has 0 unspecified atom stereocenters. The Morgan fingerprint density at radius 1 is 1.11 bits per heavy atom. The second-order valence-electron chi connectivity index (χ2n) is 5.96. The molecule has 0 saturated heterocycles. The van der Waals surface area contributed by atoms with E-state index in [1.165, 1.54) is 12.1 Å². The van der Waals surface area contributed by atoms with Crippen LogP contribution in [0.4, 0.5) is 16.0 Å². The minimum absolute atomic E-state index is 0.106. The summed E-state index contributed by atoms with van der Waals surface area (Å²) in [5, 5.41) is 6.31. The Labute approximate surface area is 161 Å². The topological polar surface area (TPSA) is 66.9 Å². The third-order valence-corrected chi connectivity index (χ3v) is 4.03. The quantitative estimate of drug-likeness (QED) is 0.657. The molecule has 2 N–H and O–H groups in total. The fourth-order valence-electron chi connectivity index (χ4n) is 2.52. The molecule has 0 spiro atoms. The molecule has 0 bridgehead atoms. The zero-order valence-electron chi connectivity index (χ0n) is 14.7. The number of hydrogen-bond acceptors (Lipinski definition) is 4. The van der Waals surface area contributed by atoms with Crippen LogP contribution >= 0.6 is 11.6 Å². The van der Waals surface area contributed by atoms with Gasteiger partial charge in [-0.2, -0.15) is 0 Å². The largest absolute Gasteiger partial charge is 0.354 e. The Kier molecular flexibility index (Phi) is 5.98. The summed E-state index contributed by atoms with van der Waals surface area (Å²) in [5.74, 6) is -0.657. The molecule has 5 nitrogen and oxygen atoms in total. The number of hydrogen-bond donors (Lipinski definition) is 2. The van der Waals surface area contributed by atoms with Gasteiger partial charge in [-0.05, 0) is 49.2 Å². The van der Waals surface area contributed by atoms with Crippen molar-refractivity contribution in [3.05, 3.63) is 82.4 Å². The molecule has 0 aliphatic heterocycles. The van der Waals surface area contributed by atoms with Crippen LogP contribution in [0.1, 0.15) is 21.7 Å². The number of benzene rings is 2. The number of amides is 1. The van der Waals surface area contributed by atoms with Crippen molar-refractivity contribution in [1.82, 2.24) is 9.97 Å². The molecule has 0 saturated carbocycles. The minimum Gasteiger partial charge on any atom is -0.354 e. The van der Waals surface area contributed by atoms with Gasteiger partial charge in [0.05, 0.1) is 5.69 Å². The average Bonchev–Trinajstić information content (AvgIpc) is 2.63. The van der Waals surface area contributed by atoms with E-state index < -0.39 is 11.7 Å². The Bertz CT molecular complexity index is 964. The number of carbonyl (C=O) groups is 1. The second-order valence-corrected chi connectivity index (χ2v) is 6.40. The monoisotopic (exact) mass is 384 g/mol. The molecule has 3 rings (SSSR count). The molecule has 0 aliphatic rings. The molecule has 0 atom stereocenters. The van der Waals surface area contributed by atoms with E-state index in [1.54, 1.807) is 25.1 Å². The SMILES string of the molecule is Cc1cc(C(=O)Nc2ccccc2F)nc(NCCc2cccc(Cl)c2)n1. The third kappa shape index (κ3) is 5.24. The van der Waals surface area contributed by atoms with Gasteiger partial charge < -0.3 is 10.6 Å². The van der Waals surface area contributed by atoms with Crippen LogP contribution in [-0.4, -0.2) is 22.4 Å². The highest BCUT2D eigenvalue weighted by molar-refractivity contribution is 6.30. The van der Waals surface area contributed by atoms with Gasteiger partial charge in [0, 0.05) is 17.3 Å². The van der Waals surface area contributed by atoms with E-state index in [0.29, 0.717) is 23.2 Å². The molecular weight excluding hydrogens is 367 g/mol. The summed E-state index contributed by atoms with van der Waals surface area (Å²) >= 11 is 5.98. The number of rotatable bonds is 6. The number of aryl methyl sites for hydroxylation is 1. The summed E-state index contributed by atoms with van der Waals surface area (Å²) in [6.07, 6.45) is 0.731. The molecule has 138 valence electrons. The molecule has 3 aromatic rings. The number of nitrogens with zero attached hydrogens (tertiary/aromatic N) is 2. The number of carbonyl (C=O) groups excluding carboxylic acids is 1. The van der Waals surface area contributed by atoms with E-state index in [4.69, 9.17) is 11.6 Å². The lowest BCUT2D eigenvalue weighted by Gasteiger charge is -2.09. The van der Waals surface area contributed by atoms with Crippen LogP contribution in [0.25, 0.3) is 0 Å². The van der Waals surface area contributed by atoms with Crippen LogP contribution in [0.3, 0.4) is 0 Å². The van der Waals surface area contributed by atoms with Crippen LogP contribution in [0.2, 0.25) is 5.02 Å². The van der Waals surface area contributed by atoms with Gasteiger partial charge in [-0.3, -0.25) is 4.79 Å². The summed E-state index contributed by atoms with van der Waals surface area (Å²) < 4.78 is 13.7. The van der Waals surface area contributed by atoms with Crippen molar-refractivity contribution in [3.8, 4) is 0 Å². The fourth-order valence-corrected chi connectivity index (χ4v) is 2.74. The second kappa shape index (κ2) is 8.60. The third-order valence-electron chi connectivity index (χ3n) is 3.79. The standard InChI is InChI=1S/C20H18ClFN4O/c1-13-11-18(19(27)25-17-8-3-2-7-16(17)22)26-20(24-13)23-10-9-14-5-4-6-15(21)12-14/h2-8,11-12H,9-10H2,1H3,(H,25,27)(H,23,24,26). The van der Waals surface area contributed by atoms with Crippen LogP contribution < -0.4 is 10.6 Å². The lowest BCUT2D eigenvalue weighted by atomic mass is 10.1. The van der Waals surface area contributed by atoms with Gasteiger partial charge in [-0.25, -0.2) is 14.4 Å². The van der Waals surface area contributed by atoms with E-state index in [0.717, 1.165) is 12.0 Å². The van der Waals surface area contributed by atoms with Crippen LogP contribution in [-0.2, 0) is 6.42 Å². The van der Waals surface area contributed by atoms with Gasteiger partial charge in [0.2, 0.25) is 5.95 Å². The highest BCUT2D eigenvalue weighted by Crippen LogP contribution is 2.15. The van der Waals surface area contributed by atoms with Crippen molar-refractivity contribution in [2.45, 2.75) is 13.3 Å². The highest BCUT2D eigenvalue weighted by Gasteiger charge is 2.12. The summed E-state index contributed by atoms with van der Waals surface area (Å²) in [6.45, 7) is 2.35. The zero-order chi connectivity index (χ0) is 19.2. The van der Waals surface area contributed by atoms with Crippen molar-refractivity contribution in [2.75, 3.05) is 17.2 Å². The first kappa shape index (κ1) is 18.8. The van der Waals surface area contributed by atoms with Gasteiger partial charge >= 0.3 is 0 Å². The molecule has 7 heteroatoms. The molecule has 2 aromatic carbocycles. The summed E-state index contributed by atoms with van der Waals surface area (Å²) in [4.78, 5) is 20.9. The van der Waals surface area contributed by atoms with E-state index in [1.807, 2.05) is 24.3 Å². The molecule has 0 aliphatic carbocycles. The van der Waals surface area contributed by atoms with Gasteiger partial charge in [0.15, 0.2) is 0 Å². The summed E-state index contributed by atoms with van der Waals surface area (Å²) in [7, 11) is 0. The van der Waals surface area contributed by atoms with Crippen molar-refractivity contribution in [1.29, 1.82) is 0 Å². The molecule has 0 radical (unpaired) electrons. The van der Waals surface area contributed by atoms with Crippen molar-refractivity contribution < 1.29 is 9.18 Å². The van der Waals surface area contributed by atoms with Crippen molar-refractivity contribution >= 4 is 29.1 Å². The van der Waals surface area contributed by atoms with Crippen LogP contribution in [0, 0.1) is 12.7 Å². The summed E-state index contributed by atoms with van der Waals surface area (Å²) in [5.41, 5.74) is 1.99. The van der Waals surface area contributed by atoms with Crippen LogP contribution in [0.5, 0.6) is 0 Å². The number of aromatic nitrogens is 2. The molecular formula is C20H18ClFN4O. The van der Waals surface area contributed by atoms with Gasteiger partial charge in [-0.1, -0.05) is 35.9 Å². The summed E-state index contributed by atoms with van der Waals surface area (Å²) in [6, 6.07) is 15.1. The molecule has 0 fully saturated rings. The van der Waals surface area contributed by atoms with E-state index in [2.05, 4.69) is 20.6 Å². The van der Waals surface area contributed by atoms with Gasteiger partial charge in [0.1, 0.15) is 11.5 Å². The first-order valence-corrected chi connectivity index (χ1v) is 8.79. The zero-order valence-corrected chi connectivity index (χ0v) is 15.4. The smallest absolute Gasteiger partial charge is 0.274 e. The predicted molar refractivity (Wildman–Crippen MR) is 105 cm³/mol. The Morgan fingerprint density at radius 2 is 1.93 bits per heavy atom. The van der Waals surface area contributed by atoms with Crippen molar-refractivity contribution in [3.63, 3.8) is 0 Å². The fraction of sp³-hybridized carbons (Fsp3) is 0.150. The molecule has 1 amide bonds. The first-order chi connectivity index (χ1) is 13.0. The molecule has 1 heterocycles. The predicted octanol–water partition coefficient (Wildman–Crippen LogP) is 4.48. The van der Waals surface area contributed by atoms with Gasteiger partial charge in [0.25, 0.3) is 5.91 Å². The molecule has 1 aromatic heterocycles. The normalized spacial score (nSPS) is 10.5. The maximum atomic E-state index is 13.7. The first-order valence-electron chi connectivity index (χ1n) is 8.41. The molecule has 27 heavy (non-hydrogen) atoms. The number of halogens is 2. The average molecular weight is 385 g/mol. The Morgan fingerprint density at radius 3 is 2.70 bits per heavy atom. The maximum Gasteiger partial charge on any atom is 0.274 e. The highest BCUT2D eigenvalue weighted by atomic mass is 35.5. The minimum atomic E-state index is -0.503. The lowest BCUT2D eigenvalue weighted by Crippen LogP contribution is -2.17.